The molecular weight excluding hydrogens is 76.1 g/mol. The van der Waals surface area contributed by atoms with Crippen molar-refractivity contribution in [1.29, 1.82) is 0 Å². The minimum atomic E-state index is 1.75. The Morgan fingerprint density at radius 3 is 1.83 bits per heavy atom. The number of hydrogen-bond donors (Lipinski definition) is 0. The molecule has 1 rings (SSSR count). The molecule has 0 aromatic rings. The van der Waals surface area contributed by atoms with Crippen molar-refractivity contribution in [3.8, 4) is 12.1 Å². The largest absolute Gasteiger partial charge is 0.207 e. The molecule has 6 heavy (non-hydrogen) atoms. The number of nitrogens with zero attached hydrogens (tertiary/aromatic N) is 2. The van der Waals surface area contributed by atoms with Crippen molar-refractivity contribution in [3.63, 3.8) is 0 Å². The zero-order valence-electron chi connectivity index (χ0n) is 3.89. The van der Waals surface area contributed by atoms with E-state index >= 15 is 0 Å². The van der Waals surface area contributed by atoms with Crippen LogP contribution in [0.4, 0.5) is 0 Å². The molecule has 1 aliphatic heterocycles. The monoisotopic (exact) mass is 82.1 g/mol. The first-order chi connectivity index (χ1) is 2.80. The quantitative estimate of drug-likeness (QED) is 0.400. The van der Waals surface area contributed by atoms with E-state index in [1.54, 1.807) is 5.01 Å². The maximum atomic E-state index is 2.74. The Bertz CT molecular complexity index is 98.5. The molecule has 0 atom stereocenters. The van der Waals surface area contributed by atoms with Gasteiger partial charge in [0.2, 0.25) is 0 Å². The van der Waals surface area contributed by atoms with Crippen LogP contribution < -0.4 is 0 Å². The Morgan fingerprint density at radius 1 is 1.33 bits per heavy atom. The summed E-state index contributed by atoms with van der Waals surface area (Å²) in [5.74, 6) is 0. The molecule has 2 heteroatoms. The van der Waals surface area contributed by atoms with Gasteiger partial charge in [-0.15, -0.1) is 0 Å². The van der Waals surface area contributed by atoms with E-state index in [0.717, 1.165) is 0 Å². The van der Waals surface area contributed by atoms with Gasteiger partial charge in [0, 0.05) is 14.1 Å². The molecule has 0 saturated heterocycles. The molecule has 0 saturated carbocycles. The van der Waals surface area contributed by atoms with Crippen molar-refractivity contribution in [2.24, 2.45) is 0 Å². The normalized spacial score (nSPS) is 14.2. The standard InChI is InChI=1S/C4H6N2/c1-5(2)6-3-4-6/h1-2H3. The van der Waals surface area contributed by atoms with Crippen LogP contribution in [0.1, 0.15) is 0 Å². The fourth-order valence-corrected chi connectivity index (χ4v) is 0.222. The topological polar surface area (TPSA) is 6.25 Å². The van der Waals surface area contributed by atoms with Crippen molar-refractivity contribution < 1.29 is 0 Å². The van der Waals surface area contributed by atoms with Gasteiger partial charge in [-0.3, -0.25) is 0 Å². The lowest BCUT2D eigenvalue weighted by molar-refractivity contribution is 0.201. The first kappa shape index (κ1) is 3.51. The third kappa shape index (κ3) is 0.447. The number of rotatable bonds is 1. The molecule has 0 aliphatic carbocycles. The van der Waals surface area contributed by atoms with Crippen LogP contribution in [0.5, 0.6) is 0 Å². The fourth-order valence-electron chi connectivity index (χ4n) is 0.222. The molecule has 0 spiro atoms. The Hall–Kier alpha value is -0.680. The SMILES string of the molecule is CN(C)N1C#C1. The van der Waals surface area contributed by atoms with Crippen LogP contribution in [0.2, 0.25) is 0 Å². The Kier molecular flexibility index (Phi) is 0.520. The summed E-state index contributed by atoms with van der Waals surface area (Å²) in [6.07, 6.45) is 0. The molecule has 0 aromatic carbocycles. The minimum Gasteiger partial charge on any atom is -0.207 e. The van der Waals surface area contributed by atoms with Crippen LogP contribution in [-0.4, -0.2) is 24.1 Å². The van der Waals surface area contributed by atoms with Crippen molar-refractivity contribution in [2.75, 3.05) is 14.1 Å². The van der Waals surface area contributed by atoms with Crippen LogP contribution in [0.25, 0.3) is 0 Å². The van der Waals surface area contributed by atoms with Crippen LogP contribution >= 0.6 is 0 Å². The molecule has 0 aromatic heterocycles. The second kappa shape index (κ2) is 0.889. The minimum absolute atomic E-state index is 1.75. The zero-order valence-corrected chi connectivity index (χ0v) is 3.89. The molecule has 0 amide bonds. The highest BCUT2D eigenvalue weighted by atomic mass is 15.6. The lowest BCUT2D eigenvalue weighted by Gasteiger charge is -2.06. The molecule has 32 valence electrons. The smallest absolute Gasteiger partial charge is 0.0631 e. The molecule has 0 unspecified atom stereocenters. The van der Waals surface area contributed by atoms with Gasteiger partial charge in [-0.1, -0.05) is 0 Å². The van der Waals surface area contributed by atoms with Crippen LogP contribution in [0.3, 0.4) is 0 Å². The van der Waals surface area contributed by atoms with Crippen molar-refractivity contribution >= 4 is 0 Å². The van der Waals surface area contributed by atoms with E-state index in [9.17, 15) is 0 Å². The molecule has 0 fully saturated rings. The number of hydrazine groups is 1. The summed E-state index contributed by atoms with van der Waals surface area (Å²) < 4.78 is 0. The van der Waals surface area contributed by atoms with E-state index in [4.69, 9.17) is 0 Å². The lowest BCUT2D eigenvalue weighted by atomic mass is 11.1. The van der Waals surface area contributed by atoms with Gasteiger partial charge < -0.3 is 0 Å². The van der Waals surface area contributed by atoms with Crippen LogP contribution in [0.15, 0.2) is 0 Å². The summed E-state index contributed by atoms with van der Waals surface area (Å²) in [5, 5.41) is 3.64. The third-order valence-electron chi connectivity index (χ3n) is 0.612. The maximum Gasteiger partial charge on any atom is 0.0631 e. The fraction of sp³-hybridized carbons (Fsp3) is 0.500. The summed E-state index contributed by atoms with van der Waals surface area (Å²) in [6, 6.07) is 5.49. The summed E-state index contributed by atoms with van der Waals surface area (Å²) >= 11 is 0. The molecule has 0 bridgehead atoms. The predicted octanol–water partition coefficient (Wildman–Crippen LogP) is -0.303. The van der Waals surface area contributed by atoms with E-state index in [1.165, 1.54) is 0 Å². The number of hydrogen-bond acceptors (Lipinski definition) is 2. The van der Waals surface area contributed by atoms with Gasteiger partial charge in [-0.25, -0.2) is 5.01 Å². The maximum absolute atomic E-state index is 2.74. The van der Waals surface area contributed by atoms with Crippen molar-refractivity contribution in [3.05, 3.63) is 0 Å². The summed E-state index contributed by atoms with van der Waals surface area (Å²) in [6.45, 7) is 0. The molecule has 1 aliphatic rings. The van der Waals surface area contributed by atoms with Gasteiger partial charge in [0.05, 0.1) is 12.1 Å². The highest BCUT2D eigenvalue weighted by Gasteiger charge is 2.04. The zero-order chi connectivity index (χ0) is 4.57. The second-order valence-electron chi connectivity index (χ2n) is 1.38. The molecular formula is C4H6N2. The summed E-state index contributed by atoms with van der Waals surface area (Å²) in [4.78, 5) is 0. The Morgan fingerprint density at radius 2 is 1.83 bits per heavy atom. The van der Waals surface area contributed by atoms with Crippen molar-refractivity contribution in [1.82, 2.24) is 10.0 Å². The van der Waals surface area contributed by atoms with Crippen LogP contribution in [-0.2, 0) is 0 Å². The first-order valence-corrected chi connectivity index (χ1v) is 1.79. The van der Waals surface area contributed by atoms with E-state index in [0.29, 0.717) is 0 Å². The van der Waals surface area contributed by atoms with E-state index < -0.39 is 0 Å². The lowest BCUT2D eigenvalue weighted by Crippen LogP contribution is -2.19. The highest BCUT2D eigenvalue weighted by Crippen LogP contribution is 1.93. The van der Waals surface area contributed by atoms with E-state index in [-0.39, 0.29) is 0 Å². The predicted molar refractivity (Wildman–Crippen MR) is 23.3 cm³/mol. The van der Waals surface area contributed by atoms with Gasteiger partial charge in [0.1, 0.15) is 0 Å². The van der Waals surface area contributed by atoms with E-state index in [1.807, 2.05) is 19.1 Å². The van der Waals surface area contributed by atoms with Gasteiger partial charge in [0.25, 0.3) is 0 Å². The molecule has 0 N–H and O–H groups in total. The van der Waals surface area contributed by atoms with E-state index in [2.05, 4.69) is 12.1 Å². The summed E-state index contributed by atoms with van der Waals surface area (Å²) in [5.41, 5.74) is 0. The highest BCUT2D eigenvalue weighted by molar-refractivity contribution is 5.15. The molecule has 2 nitrogen and oxygen atoms in total. The Balaban J connectivity index is 2.18. The first-order valence-electron chi connectivity index (χ1n) is 1.79. The average molecular weight is 82.1 g/mol. The second-order valence-corrected chi connectivity index (χ2v) is 1.38. The van der Waals surface area contributed by atoms with Crippen molar-refractivity contribution in [2.45, 2.75) is 0 Å². The van der Waals surface area contributed by atoms with Gasteiger partial charge in [-0.05, 0) is 0 Å². The van der Waals surface area contributed by atoms with Gasteiger partial charge in [0.15, 0.2) is 0 Å². The molecule has 0 radical (unpaired) electrons. The average Bonchev–Trinajstić information content (AvgIpc) is 2.06. The van der Waals surface area contributed by atoms with Gasteiger partial charge in [-0.2, -0.15) is 5.01 Å². The third-order valence-corrected chi connectivity index (χ3v) is 0.612. The van der Waals surface area contributed by atoms with Gasteiger partial charge >= 0.3 is 0 Å². The molecule has 1 heterocycles. The summed E-state index contributed by atoms with van der Waals surface area (Å²) in [7, 11) is 3.88. The van der Waals surface area contributed by atoms with Crippen LogP contribution in [0, 0.1) is 12.1 Å². The Labute approximate surface area is 37.3 Å².